The summed E-state index contributed by atoms with van der Waals surface area (Å²) in [5.74, 6) is 5.18. The second kappa shape index (κ2) is 29.2. The van der Waals surface area contributed by atoms with Gasteiger partial charge in [0.25, 0.3) is 5.16 Å². The van der Waals surface area contributed by atoms with Gasteiger partial charge in [-0.1, -0.05) is 89.3 Å². The fourth-order valence-electron chi connectivity index (χ4n) is 7.19. The SMILES string of the molecule is CCCCCc1cc(C)cc(Oc2cc(OC)nc(C)n2)c1.CCCCCc1cc(C)cc(Oc2cc(OC)nc(S(C)(=O)=O)n2)c1.CCCCCc1cc(C)cc(Oc2cc(OC)nc(SC)n2)c1. The lowest BCUT2D eigenvalue weighted by Gasteiger charge is -2.10. The van der Waals surface area contributed by atoms with E-state index < -0.39 is 9.84 Å². The highest BCUT2D eigenvalue weighted by molar-refractivity contribution is 7.98. The predicted octanol–water partition coefficient (Wildman–Crippen LogP) is 13.4. The third-order valence-electron chi connectivity index (χ3n) is 10.5. The maximum atomic E-state index is 11.7. The molecule has 0 N–H and O–H groups in total. The first-order valence-electron chi connectivity index (χ1n) is 23.9. The Balaban J connectivity index is 0.000000229. The molecule has 0 bridgehead atoms. The molecule has 3 aromatic carbocycles. The Kier molecular flexibility index (Phi) is 23.6. The zero-order valence-electron chi connectivity index (χ0n) is 43.2. The van der Waals surface area contributed by atoms with E-state index in [4.69, 9.17) is 28.4 Å². The molecular formula is C54H72N6O8S2. The number of nitrogens with zero attached hydrogens (tertiary/aromatic N) is 6. The van der Waals surface area contributed by atoms with Crippen molar-refractivity contribution in [2.24, 2.45) is 0 Å². The molecule has 0 unspecified atom stereocenters. The van der Waals surface area contributed by atoms with Crippen molar-refractivity contribution < 1.29 is 36.8 Å². The fourth-order valence-corrected chi connectivity index (χ4v) is 8.07. The number of ether oxygens (including phenoxy) is 6. The number of hydrogen-bond donors (Lipinski definition) is 0. The van der Waals surface area contributed by atoms with Crippen molar-refractivity contribution in [2.75, 3.05) is 33.8 Å². The van der Waals surface area contributed by atoms with E-state index in [2.05, 4.69) is 94.9 Å². The number of hydrogen-bond acceptors (Lipinski definition) is 15. The van der Waals surface area contributed by atoms with Gasteiger partial charge in [-0.25, -0.2) is 8.42 Å². The van der Waals surface area contributed by atoms with Crippen LogP contribution in [0.3, 0.4) is 0 Å². The molecule has 0 saturated heterocycles. The van der Waals surface area contributed by atoms with Gasteiger partial charge in [-0.2, -0.15) is 29.9 Å². The summed E-state index contributed by atoms with van der Waals surface area (Å²) < 4.78 is 56.5. The minimum absolute atomic E-state index is 0.136. The zero-order valence-corrected chi connectivity index (χ0v) is 44.8. The second-order valence-corrected chi connectivity index (χ2v) is 19.7. The average Bonchev–Trinajstić information content (AvgIpc) is 3.31. The Bertz CT molecular complexity index is 2660. The molecule has 0 aliphatic rings. The summed E-state index contributed by atoms with van der Waals surface area (Å²) in [5, 5.41) is 0.313. The first-order chi connectivity index (χ1) is 33.6. The Hall–Kier alpha value is -6.00. The van der Waals surface area contributed by atoms with Crippen molar-refractivity contribution in [3.63, 3.8) is 0 Å². The maximum Gasteiger partial charge on any atom is 0.253 e. The third-order valence-corrected chi connectivity index (χ3v) is 11.8. The van der Waals surface area contributed by atoms with Crippen molar-refractivity contribution in [1.82, 2.24) is 29.9 Å². The van der Waals surface area contributed by atoms with Gasteiger partial charge in [0.15, 0.2) is 5.16 Å². The van der Waals surface area contributed by atoms with Crippen LogP contribution in [0.5, 0.6) is 52.5 Å². The third kappa shape index (κ3) is 20.2. The van der Waals surface area contributed by atoms with Crippen molar-refractivity contribution in [2.45, 2.75) is 136 Å². The number of unbranched alkanes of at least 4 members (excludes halogenated alkanes) is 6. The van der Waals surface area contributed by atoms with Crippen LogP contribution in [-0.4, -0.2) is 72.2 Å². The van der Waals surface area contributed by atoms with Crippen molar-refractivity contribution in [3.05, 3.63) is 112 Å². The number of methoxy groups -OCH3 is 3. The van der Waals surface area contributed by atoms with E-state index in [9.17, 15) is 8.42 Å². The van der Waals surface area contributed by atoms with E-state index in [1.165, 1.54) is 104 Å². The second-order valence-electron chi connectivity index (χ2n) is 17.0. The molecule has 3 heterocycles. The van der Waals surface area contributed by atoms with Gasteiger partial charge >= 0.3 is 0 Å². The summed E-state index contributed by atoms with van der Waals surface area (Å²) in [7, 11) is 1.03. The number of aromatic nitrogens is 6. The summed E-state index contributed by atoms with van der Waals surface area (Å²) in [5.41, 5.74) is 7.27. The van der Waals surface area contributed by atoms with Gasteiger partial charge < -0.3 is 28.4 Å². The van der Waals surface area contributed by atoms with Crippen LogP contribution in [-0.2, 0) is 29.1 Å². The molecule has 14 nitrogen and oxygen atoms in total. The van der Waals surface area contributed by atoms with E-state index in [1.54, 1.807) is 26.4 Å². The fraction of sp³-hybridized carbons (Fsp3) is 0.444. The molecule has 0 atom stereocenters. The molecule has 16 heteroatoms. The van der Waals surface area contributed by atoms with Gasteiger partial charge in [-0.3, -0.25) is 0 Å². The Labute approximate surface area is 420 Å². The summed E-state index contributed by atoms with van der Waals surface area (Å²) in [6.07, 6.45) is 17.0. The first-order valence-corrected chi connectivity index (χ1v) is 27.0. The number of aryl methyl sites for hydroxylation is 7. The maximum absolute atomic E-state index is 11.7. The molecule has 0 fully saturated rings. The van der Waals surface area contributed by atoms with Crippen LogP contribution in [0.2, 0.25) is 0 Å². The quantitative estimate of drug-likeness (QED) is 0.0338. The van der Waals surface area contributed by atoms with Crippen molar-refractivity contribution in [3.8, 4) is 52.5 Å². The molecule has 6 aromatic rings. The van der Waals surface area contributed by atoms with Crippen LogP contribution >= 0.6 is 11.8 Å². The van der Waals surface area contributed by atoms with Crippen LogP contribution < -0.4 is 28.4 Å². The molecule has 378 valence electrons. The number of sulfone groups is 1. The van der Waals surface area contributed by atoms with E-state index in [-0.39, 0.29) is 16.9 Å². The van der Waals surface area contributed by atoms with Crippen LogP contribution in [0.25, 0.3) is 0 Å². The van der Waals surface area contributed by atoms with Gasteiger partial charge in [-0.15, -0.1) is 0 Å². The predicted molar refractivity (Wildman–Crippen MR) is 279 cm³/mol. The van der Waals surface area contributed by atoms with Gasteiger partial charge in [0.05, 0.1) is 39.5 Å². The van der Waals surface area contributed by atoms with E-state index >= 15 is 0 Å². The summed E-state index contributed by atoms with van der Waals surface area (Å²) >= 11 is 1.46. The zero-order chi connectivity index (χ0) is 51.1. The minimum atomic E-state index is -3.56. The normalized spacial score (nSPS) is 10.9. The highest BCUT2D eigenvalue weighted by Crippen LogP contribution is 2.30. The summed E-state index contributed by atoms with van der Waals surface area (Å²) in [6, 6.07) is 23.5. The number of benzene rings is 3. The Morgan fingerprint density at radius 3 is 1.14 bits per heavy atom. The van der Waals surface area contributed by atoms with Gasteiger partial charge in [0.1, 0.15) is 23.1 Å². The topological polar surface area (TPSA) is 167 Å². The molecule has 6 rings (SSSR count). The van der Waals surface area contributed by atoms with Crippen molar-refractivity contribution >= 4 is 21.6 Å². The standard InChI is InChI=1S/C18H24N2O4S.C18H24N2O2S.C18H24N2O2/c1-5-6-7-8-14-9-13(2)10-15(11-14)24-17-12-16(23-3)19-18(20-17)25(4,21)22;1-5-6-7-8-14-9-13(2)10-15(11-14)22-17-12-16(21-3)19-18(20-17)23-4;1-5-6-7-8-15-9-13(2)10-16(11-15)22-18-12-17(21-4)19-14(3)20-18/h9-12H,5-8H2,1-4H3;9-12H,5-8H2,1-4H3;9-12H,5-8H2,1-4H3. The van der Waals surface area contributed by atoms with Crippen LogP contribution in [0, 0.1) is 27.7 Å². The largest absolute Gasteiger partial charge is 0.481 e. The summed E-state index contributed by atoms with van der Waals surface area (Å²) in [6.45, 7) is 14.6. The lowest BCUT2D eigenvalue weighted by molar-refractivity contribution is 0.379. The average molecular weight is 997 g/mol. The highest BCUT2D eigenvalue weighted by atomic mass is 32.2. The minimum Gasteiger partial charge on any atom is -0.481 e. The van der Waals surface area contributed by atoms with Gasteiger partial charge in [0, 0.05) is 6.26 Å². The Morgan fingerprint density at radius 1 is 0.443 bits per heavy atom. The molecule has 3 aromatic heterocycles. The lowest BCUT2D eigenvalue weighted by atomic mass is 10.0. The molecule has 0 amide bonds. The van der Waals surface area contributed by atoms with E-state index in [0.717, 1.165) is 49.0 Å². The number of thioether (sulfide) groups is 1. The highest BCUT2D eigenvalue weighted by Gasteiger charge is 2.16. The lowest BCUT2D eigenvalue weighted by Crippen LogP contribution is -2.06. The first kappa shape index (κ1) is 56.6. The van der Waals surface area contributed by atoms with E-state index in [1.807, 2.05) is 44.4 Å². The van der Waals surface area contributed by atoms with Gasteiger partial charge in [0.2, 0.25) is 45.1 Å². The van der Waals surface area contributed by atoms with Crippen molar-refractivity contribution in [1.29, 1.82) is 0 Å². The molecular weight excluding hydrogens is 925 g/mol. The van der Waals surface area contributed by atoms with Crippen LogP contribution in [0.1, 0.15) is 118 Å². The molecule has 70 heavy (non-hydrogen) atoms. The Morgan fingerprint density at radius 2 is 0.771 bits per heavy atom. The number of rotatable bonds is 23. The molecule has 0 aliphatic carbocycles. The summed E-state index contributed by atoms with van der Waals surface area (Å²) in [4.78, 5) is 24.9. The molecule has 0 spiro atoms. The smallest absolute Gasteiger partial charge is 0.253 e. The molecule has 0 saturated carbocycles. The molecule has 0 radical (unpaired) electrons. The monoisotopic (exact) mass is 996 g/mol. The van der Waals surface area contributed by atoms with E-state index in [0.29, 0.717) is 40.3 Å². The van der Waals surface area contributed by atoms with Gasteiger partial charge in [-0.05, 0) is 142 Å². The van der Waals surface area contributed by atoms with Crippen LogP contribution in [0.15, 0.2) is 83.1 Å². The molecule has 0 aliphatic heterocycles. The van der Waals surface area contributed by atoms with Crippen LogP contribution in [0.4, 0.5) is 0 Å².